The van der Waals surface area contributed by atoms with Crippen molar-refractivity contribution in [1.82, 2.24) is 10.2 Å². The average molecular weight is 246 g/mol. The van der Waals surface area contributed by atoms with Gasteiger partial charge in [0.1, 0.15) is 0 Å². The number of likely N-dealkylation sites (N-methyl/N-ethyl adjacent to an activating group) is 1. The fourth-order valence-corrected chi connectivity index (χ4v) is 1.17. The van der Waals surface area contributed by atoms with Crippen molar-refractivity contribution < 1.29 is 19.1 Å². The van der Waals surface area contributed by atoms with Crippen LogP contribution in [0.2, 0.25) is 0 Å². The van der Waals surface area contributed by atoms with E-state index >= 15 is 0 Å². The quantitative estimate of drug-likeness (QED) is 0.467. The Labute approximate surface area is 102 Å². The minimum atomic E-state index is -0.327. The summed E-state index contributed by atoms with van der Waals surface area (Å²) in [7, 11) is 3.26. The van der Waals surface area contributed by atoms with Crippen LogP contribution in [0.25, 0.3) is 0 Å². The Bertz CT molecular complexity index is 244. The zero-order valence-electron chi connectivity index (χ0n) is 11.0. The fourth-order valence-electron chi connectivity index (χ4n) is 1.17. The minimum Gasteiger partial charge on any atom is -0.462 e. The lowest BCUT2D eigenvalue weighted by Gasteiger charge is -2.16. The largest absolute Gasteiger partial charge is 0.462 e. The summed E-state index contributed by atoms with van der Waals surface area (Å²) in [6, 6.07) is 0. The molecule has 100 valence electrons. The van der Waals surface area contributed by atoms with Crippen LogP contribution in [0.1, 0.15) is 13.8 Å². The van der Waals surface area contributed by atoms with E-state index in [1.54, 1.807) is 32.9 Å². The summed E-state index contributed by atoms with van der Waals surface area (Å²) in [6.07, 6.45) is -0.133. The van der Waals surface area contributed by atoms with E-state index in [0.29, 0.717) is 13.2 Å². The van der Waals surface area contributed by atoms with Gasteiger partial charge >= 0.3 is 5.97 Å². The zero-order valence-corrected chi connectivity index (χ0v) is 11.0. The molecule has 0 unspecified atom stereocenters. The van der Waals surface area contributed by atoms with Crippen LogP contribution in [0.15, 0.2) is 0 Å². The van der Waals surface area contributed by atoms with Crippen molar-refractivity contribution in [1.29, 1.82) is 0 Å². The first-order chi connectivity index (χ1) is 7.95. The van der Waals surface area contributed by atoms with E-state index in [9.17, 15) is 9.59 Å². The Morgan fingerprint density at radius 3 is 2.47 bits per heavy atom. The molecule has 0 aliphatic rings. The van der Waals surface area contributed by atoms with Crippen molar-refractivity contribution in [2.24, 2.45) is 0 Å². The molecule has 1 amide bonds. The summed E-state index contributed by atoms with van der Waals surface area (Å²) in [5.74, 6) is -0.464. The fraction of sp³-hybridized carbons (Fsp3) is 0.818. The molecule has 0 radical (unpaired) electrons. The van der Waals surface area contributed by atoms with Gasteiger partial charge in [-0.2, -0.15) is 0 Å². The molecule has 0 aliphatic heterocycles. The predicted octanol–water partition coefficient (Wildman–Crippen LogP) is -0.368. The van der Waals surface area contributed by atoms with Crippen molar-refractivity contribution >= 4 is 11.9 Å². The molecule has 0 spiro atoms. The Hall–Kier alpha value is -1.14. The first-order valence-corrected chi connectivity index (χ1v) is 5.59. The second kappa shape index (κ2) is 8.95. The second-order valence-electron chi connectivity index (χ2n) is 4.05. The van der Waals surface area contributed by atoms with Crippen molar-refractivity contribution in [3.8, 4) is 0 Å². The van der Waals surface area contributed by atoms with Gasteiger partial charge in [-0.3, -0.25) is 14.5 Å². The number of carbonyl (C=O) groups is 2. The Morgan fingerprint density at radius 1 is 1.29 bits per heavy atom. The summed E-state index contributed by atoms with van der Waals surface area (Å²) in [5.41, 5.74) is 0. The van der Waals surface area contributed by atoms with Gasteiger partial charge in [0.05, 0.1) is 25.8 Å². The highest BCUT2D eigenvalue weighted by atomic mass is 16.5. The highest BCUT2D eigenvalue weighted by Crippen LogP contribution is 1.91. The van der Waals surface area contributed by atoms with Crippen LogP contribution in [0.5, 0.6) is 0 Å². The number of rotatable bonds is 8. The van der Waals surface area contributed by atoms with Crippen molar-refractivity contribution in [2.45, 2.75) is 20.0 Å². The lowest BCUT2D eigenvalue weighted by Crippen LogP contribution is -2.39. The number of ether oxygens (including phenoxy) is 2. The summed E-state index contributed by atoms with van der Waals surface area (Å²) in [6.45, 7) is 4.79. The van der Waals surface area contributed by atoms with Gasteiger partial charge in [0.25, 0.3) is 0 Å². The van der Waals surface area contributed by atoms with Crippen molar-refractivity contribution in [3.63, 3.8) is 0 Å². The summed E-state index contributed by atoms with van der Waals surface area (Å²) in [5, 5.41) is 2.67. The molecule has 0 aliphatic carbocycles. The minimum absolute atomic E-state index is 0.107. The van der Waals surface area contributed by atoms with Crippen molar-refractivity contribution in [3.05, 3.63) is 0 Å². The maximum atomic E-state index is 11.4. The lowest BCUT2D eigenvalue weighted by molar-refractivity contribution is -0.148. The molecule has 0 saturated heterocycles. The molecule has 0 atom stereocenters. The Kier molecular flexibility index (Phi) is 8.35. The van der Waals surface area contributed by atoms with Crippen LogP contribution in [0.3, 0.4) is 0 Å². The second-order valence-corrected chi connectivity index (χ2v) is 4.05. The molecule has 0 bridgehead atoms. The van der Waals surface area contributed by atoms with Crippen LogP contribution in [0.4, 0.5) is 0 Å². The van der Waals surface area contributed by atoms with Gasteiger partial charge in [0.2, 0.25) is 5.91 Å². The number of nitrogens with zero attached hydrogens (tertiary/aromatic N) is 1. The molecule has 6 heteroatoms. The van der Waals surface area contributed by atoms with Crippen LogP contribution in [-0.2, 0) is 19.1 Å². The van der Waals surface area contributed by atoms with E-state index in [1.807, 2.05) is 0 Å². The van der Waals surface area contributed by atoms with Crippen LogP contribution in [-0.4, -0.2) is 63.3 Å². The normalized spacial score (nSPS) is 10.7. The summed E-state index contributed by atoms with van der Waals surface area (Å²) in [4.78, 5) is 24.3. The molecule has 0 aromatic heterocycles. The molecule has 0 aromatic carbocycles. The summed E-state index contributed by atoms with van der Waals surface area (Å²) >= 11 is 0. The molecule has 0 saturated carbocycles. The zero-order chi connectivity index (χ0) is 13.3. The number of nitrogens with one attached hydrogen (secondary N) is 1. The molecule has 17 heavy (non-hydrogen) atoms. The molecule has 0 aromatic rings. The van der Waals surface area contributed by atoms with E-state index < -0.39 is 0 Å². The molecular formula is C11H22N2O4. The van der Waals surface area contributed by atoms with Gasteiger partial charge in [-0.1, -0.05) is 0 Å². The van der Waals surface area contributed by atoms with E-state index in [0.717, 1.165) is 0 Å². The molecule has 6 nitrogen and oxygen atoms in total. The number of hydrogen-bond donors (Lipinski definition) is 1. The third-order valence-corrected chi connectivity index (χ3v) is 1.81. The number of amides is 1. The first kappa shape index (κ1) is 15.9. The van der Waals surface area contributed by atoms with E-state index in [-0.39, 0.29) is 31.1 Å². The maximum absolute atomic E-state index is 11.4. The van der Waals surface area contributed by atoms with Gasteiger partial charge < -0.3 is 14.8 Å². The van der Waals surface area contributed by atoms with Gasteiger partial charge in [0.15, 0.2) is 0 Å². The Balaban J connectivity index is 3.73. The molecule has 0 fully saturated rings. The van der Waals surface area contributed by atoms with Crippen LogP contribution >= 0.6 is 0 Å². The van der Waals surface area contributed by atoms with Gasteiger partial charge in [-0.25, -0.2) is 0 Å². The molecule has 1 N–H and O–H groups in total. The average Bonchev–Trinajstić information content (AvgIpc) is 2.15. The lowest BCUT2D eigenvalue weighted by atomic mass is 10.4. The van der Waals surface area contributed by atoms with Gasteiger partial charge in [-0.15, -0.1) is 0 Å². The number of esters is 1. The number of methoxy groups -OCH3 is 1. The third kappa shape index (κ3) is 9.77. The molecule has 0 rings (SSSR count). The van der Waals surface area contributed by atoms with Crippen molar-refractivity contribution in [2.75, 3.05) is 40.4 Å². The number of carbonyl (C=O) groups excluding carboxylic acids is 2. The monoisotopic (exact) mass is 246 g/mol. The third-order valence-electron chi connectivity index (χ3n) is 1.81. The van der Waals surface area contributed by atoms with Crippen LogP contribution in [0, 0.1) is 0 Å². The first-order valence-electron chi connectivity index (χ1n) is 5.59. The van der Waals surface area contributed by atoms with E-state index in [2.05, 4.69) is 5.32 Å². The van der Waals surface area contributed by atoms with Crippen LogP contribution < -0.4 is 5.32 Å². The standard InChI is InChI=1S/C11H22N2O4/c1-9(2)17-11(15)8-13(3)7-10(14)12-5-6-16-4/h9H,5-8H2,1-4H3,(H,12,14). The topological polar surface area (TPSA) is 67.9 Å². The SMILES string of the molecule is COCCNC(=O)CN(C)CC(=O)OC(C)C. The van der Waals surface area contributed by atoms with E-state index in [1.165, 1.54) is 0 Å². The highest BCUT2D eigenvalue weighted by molar-refractivity contribution is 5.79. The Morgan fingerprint density at radius 2 is 1.94 bits per heavy atom. The summed E-state index contributed by atoms with van der Waals surface area (Å²) < 4.78 is 9.77. The van der Waals surface area contributed by atoms with Gasteiger partial charge in [0, 0.05) is 13.7 Å². The predicted molar refractivity (Wildman–Crippen MR) is 63.6 cm³/mol. The highest BCUT2D eigenvalue weighted by Gasteiger charge is 2.12. The number of hydrogen-bond acceptors (Lipinski definition) is 5. The molecular weight excluding hydrogens is 224 g/mol. The maximum Gasteiger partial charge on any atom is 0.320 e. The van der Waals surface area contributed by atoms with Gasteiger partial charge in [-0.05, 0) is 20.9 Å². The van der Waals surface area contributed by atoms with E-state index in [4.69, 9.17) is 9.47 Å². The molecule has 0 heterocycles. The smallest absolute Gasteiger partial charge is 0.320 e.